The van der Waals surface area contributed by atoms with E-state index in [0.29, 0.717) is 18.9 Å². The molecule has 1 aromatic heterocycles. The number of nitrogens with zero attached hydrogens (tertiary/aromatic N) is 1. The number of likely N-dealkylation sites (N-methyl/N-ethyl adjacent to an activating group) is 1. The largest absolute Gasteiger partial charge is 0.341 e. The van der Waals surface area contributed by atoms with E-state index >= 15 is 0 Å². The number of thiophene rings is 1. The summed E-state index contributed by atoms with van der Waals surface area (Å²) in [6.45, 7) is 1.57. The van der Waals surface area contributed by atoms with Crippen LogP contribution in [0.15, 0.2) is 29.6 Å². The van der Waals surface area contributed by atoms with Crippen LogP contribution in [0.5, 0.6) is 0 Å². The van der Waals surface area contributed by atoms with Crippen molar-refractivity contribution in [1.82, 2.24) is 10.2 Å². The normalized spacial score (nSPS) is 17.5. The summed E-state index contributed by atoms with van der Waals surface area (Å²) in [6, 6.07) is 8.30. The fourth-order valence-corrected chi connectivity index (χ4v) is 4.11. The summed E-state index contributed by atoms with van der Waals surface area (Å²) >= 11 is 1.58. The Morgan fingerprint density at radius 3 is 2.88 bits per heavy atom. The minimum absolute atomic E-state index is 0. The number of hydrogen-bond acceptors (Lipinski definition) is 4. The molecule has 1 amide bonds. The maximum Gasteiger partial charge on any atom is 0.223 e. The highest BCUT2D eigenvalue weighted by molar-refractivity contribution is 7.17. The quantitative estimate of drug-likeness (QED) is 0.824. The number of nitrogens with one attached hydrogen (secondary N) is 1. The molecule has 1 atom stereocenters. The molecule has 0 aliphatic carbocycles. The fourth-order valence-electron chi connectivity index (χ4n) is 3.15. The van der Waals surface area contributed by atoms with E-state index in [9.17, 15) is 9.59 Å². The van der Waals surface area contributed by atoms with Crippen LogP contribution in [-0.2, 0) is 4.79 Å². The Bertz CT molecular complexity index is 716. The number of hydrogen-bond donors (Lipinski definition) is 1. The Hall–Kier alpha value is -1.43. The number of carbonyl (C=O) groups is 2. The van der Waals surface area contributed by atoms with Crippen molar-refractivity contribution in [3.8, 4) is 0 Å². The summed E-state index contributed by atoms with van der Waals surface area (Å²) in [7, 11) is 1.93. The third-order valence-electron chi connectivity index (χ3n) is 4.53. The Morgan fingerprint density at radius 1 is 1.29 bits per heavy atom. The highest BCUT2D eigenvalue weighted by Gasteiger charge is 2.23. The van der Waals surface area contributed by atoms with Gasteiger partial charge in [0.25, 0.3) is 0 Å². The van der Waals surface area contributed by atoms with Crippen molar-refractivity contribution in [3.63, 3.8) is 0 Å². The molecule has 130 valence electrons. The number of piperidine rings is 1. The maximum atomic E-state index is 12.5. The number of fused-ring (bicyclic) bond motifs is 1. The molecule has 1 unspecified atom stereocenters. The topological polar surface area (TPSA) is 49.4 Å². The molecule has 2 aromatic rings. The molecule has 1 saturated heterocycles. The van der Waals surface area contributed by atoms with E-state index < -0.39 is 0 Å². The Morgan fingerprint density at radius 2 is 2.08 bits per heavy atom. The molecule has 24 heavy (non-hydrogen) atoms. The summed E-state index contributed by atoms with van der Waals surface area (Å²) in [4.78, 5) is 26.7. The Labute approximate surface area is 152 Å². The van der Waals surface area contributed by atoms with E-state index in [4.69, 9.17) is 0 Å². The molecule has 1 aliphatic rings. The molecule has 0 bridgehead atoms. The number of rotatable bonds is 5. The summed E-state index contributed by atoms with van der Waals surface area (Å²) in [5, 5.41) is 6.15. The molecule has 2 heterocycles. The first-order valence-corrected chi connectivity index (χ1v) is 9.01. The van der Waals surface area contributed by atoms with Gasteiger partial charge in [0.2, 0.25) is 5.91 Å². The van der Waals surface area contributed by atoms with Crippen molar-refractivity contribution in [3.05, 3.63) is 35.2 Å². The van der Waals surface area contributed by atoms with Gasteiger partial charge in [-0.05, 0) is 26.0 Å². The van der Waals surface area contributed by atoms with Gasteiger partial charge in [-0.3, -0.25) is 9.59 Å². The molecule has 1 aromatic carbocycles. The first kappa shape index (κ1) is 18.9. The predicted molar refractivity (Wildman–Crippen MR) is 101 cm³/mol. The van der Waals surface area contributed by atoms with Crippen LogP contribution in [0.25, 0.3) is 10.1 Å². The van der Waals surface area contributed by atoms with Crippen molar-refractivity contribution in [1.29, 1.82) is 0 Å². The summed E-state index contributed by atoms with van der Waals surface area (Å²) in [5.41, 5.74) is 0.755. The van der Waals surface area contributed by atoms with Gasteiger partial charge in [0.05, 0.1) is 0 Å². The molecule has 4 nitrogen and oxygen atoms in total. The average molecular weight is 367 g/mol. The molecule has 6 heteroatoms. The molecule has 0 radical (unpaired) electrons. The van der Waals surface area contributed by atoms with Gasteiger partial charge in [0.15, 0.2) is 5.78 Å². The third kappa shape index (κ3) is 4.15. The van der Waals surface area contributed by atoms with Crippen molar-refractivity contribution in [2.24, 2.45) is 0 Å². The highest BCUT2D eigenvalue weighted by atomic mass is 35.5. The zero-order valence-corrected chi connectivity index (χ0v) is 15.4. The molecular weight excluding hydrogens is 344 g/mol. The van der Waals surface area contributed by atoms with Gasteiger partial charge in [-0.25, -0.2) is 0 Å². The number of amides is 1. The molecule has 0 spiro atoms. The minimum Gasteiger partial charge on any atom is -0.341 e. The van der Waals surface area contributed by atoms with Gasteiger partial charge in [0.1, 0.15) is 0 Å². The van der Waals surface area contributed by atoms with Crippen molar-refractivity contribution in [2.45, 2.75) is 31.7 Å². The molecular formula is C18H23ClN2O2S. The number of ketones is 1. The van der Waals surface area contributed by atoms with Crippen LogP contribution in [0, 0.1) is 0 Å². The zero-order valence-electron chi connectivity index (χ0n) is 13.8. The lowest BCUT2D eigenvalue weighted by Gasteiger charge is -2.32. The zero-order chi connectivity index (χ0) is 16.2. The van der Waals surface area contributed by atoms with Crippen molar-refractivity contribution in [2.75, 3.05) is 20.1 Å². The van der Waals surface area contributed by atoms with Crippen LogP contribution in [0.3, 0.4) is 0 Å². The van der Waals surface area contributed by atoms with E-state index in [1.165, 1.54) is 0 Å². The predicted octanol–water partition coefficient (Wildman–Crippen LogP) is 3.50. The number of carbonyl (C=O) groups excluding carboxylic acids is 2. The van der Waals surface area contributed by atoms with Crippen LogP contribution < -0.4 is 5.32 Å². The van der Waals surface area contributed by atoms with E-state index in [-0.39, 0.29) is 24.1 Å². The van der Waals surface area contributed by atoms with E-state index in [0.717, 1.165) is 41.6 Å². The lowest BCUT2D eigenvalue weighted by Crippen LogP contribution is -2.47. The first-order valence-electron chi connectivity index (χ1n) is 8.13. The maximum absolute atomic E-state index is 12.5. The summed E-state index contributed by atoms with van der Waals surface area (Å²) < 4.78 is 1.12. The molecule has 0 saturated carbocycles. The molecule has 1 fully saturated rings. The van der Waals surface area contributed by atoms with Crippen molar-refractivity contribution < 1.29 is 9.59 Å². The number of Topliss-reactive ketones (excluding diaryl/α,β-unsaturated/α-hetero) is 1. The number of halogens is 1. The van der Waals surface area contributed by atoms with Gasteiger partial charge >= 0.3 is 0 Å². The Kier molecular flexibility index (Phi) is 6.78. The standard InChI is InChI=1S/C18H22N2O2S.ClH/c1-19-13-5-4-10-20(11-13)18(22)9-8-16(21)15-12-23-17-7-3-2-6-14(15)17;/h2-3,6-7,12-13,19H,4-5,8-11H2,1H3;1H. The van der Waals surface area contributed by atoms with Gasteiger partial charge in [-0.15, -0.1) is 23.7 Å². The summed E-state index contributed by atoms with van der Waals surface area (Å²) in [5.74, 6) is 0.163. The smallest absolute Gasteiger partial charge is 0.223 e. The van der Waals surface area contributed by atoms with Gasteiger partial charge < -0.3 is 10.2 Å². The second-order valence-electron chi connectivity index (χ2n) is 6.04. The van der Waals surface area contributed by atoms with E-state index in [1.807, 2.05) is 41.6 Å². The van der Waals surface area contributed by atoms with Crippen LogP contribution >= 0.6 is 23.7 Å². The Balaban J connectivity index is 0.00000208. The van der Waals surface area contributed by atoms with E-state index in [2.05, 4.69) is 5.32 Å². The highest BCUT2D eigenvalue weighted by Crippen LogP contribution is 2.27. The van der Waals surface area contributed by atoms with Crippen LogP contribution in [0.4, 0.5) is 0 Å². The summed E-state index contributed by atoms with van der Waals surface area (Å²) in [6.07, 6.45) is 2.74. The minimum atomic E-state index is 0. The van der Waals surface area contributed by atoms with Crippen LogP contribution in [0.2, 0.25) is 0 Å². The molecule has 1 N–H and O–H groups in total. The lowest BCUT2D eigenvalue weighted by atomic mass is 10.0. The number of benzene rings is 1. The second kappa shape index (κ2) is 8.60. The monoisotopic (exact) mass is 366 g/mol. The van der Waals surface area contributed by atoms with Crippen molar-refractivity contribution >= 4 is 45.5 Å². The average Bonchev–Trinajstić information content (AvgIpc) is 3.03. The first-order chi connectivity index (χ1) is 11.2. The molecule has 3 rings (SSSR count). The van der Waals surface area contributed by atoms with E-state index in [1.54, 1.807) is 11.3 Å². The van der Waals surface area contributed by atoms with Gasteiger partial charge in [0, 0.05) is 53.0 Å². The lowest BCUT2D eigenvalue weighted by molar-refractivity contribution is -0.132. The fraction of sp³-hybridized carbons (Fsp3) is 0.444. The second-order valence-corrected chi connectivity index (χ2v) is 6.95. The third-order valence-corrected chi connectivity index (χ3v) is 5.49. The van der Waals surface area contributed by atoms with Crippen LogP contribution in [-0.4, -0.2) is 42.8 Å². The molecule has 1 aliphatic heterocycles. The number of likely N-dealkylation sites (tertiary alicyclic amines) is 1. The van der Waals surface area contributed by atoms with Gasteiger partial charge in [-0.1, -0.05) is 18.2 Å². The SMILES string of the molecule is CNC1CCCN(C(=O)CCC(=O)c2csc3ccccc23)C1.Cl. The van der Waals surface area contributed by atoms with Gasteiger partial charge in [-0.2, -0.15) is 0 Å². The van der Waals surface area contributed by atoms with Crippen LogP contribution in [0.1, 0.15) is 36.0 Å².